The number of nitrogens with two attached hydrogens (primary N) is 1. The van der Waals surface area contributed by atoms with Crippen LogP contribution in [0.1, 0.15) is 31.4 Å². The van der Waals surface area contributed by atoms with E-state index in [2.05, 4.69) is 5.32 Å². The van der Waals surface area contributed by atoms with E-state index in [4.69, 9.17) is 10.5 Å². The molecule has 4 heteroatoms. The predicted octanol–water partition coefficient (Wildman–Crippen LogP) is 1.61. The summed E-state index contributed by atoms with van der Waals surface area (Å²) in [4.78, 5) is 11.5. The van der Waals surface area contributed by atoms with Gasteiger partial charge in [-0.25, -0.2) is 0 Å². The largest absolute Gasteiger partial charge is 0.484 e. The monoisotopic (exact) mass is 248 g/mol. The van der Waals surface area contributed by atoms with Gasteiger partial charge < -0.3 is 15.8 Å². The molecule has 1 aromatic rings. The lowest BCUT2D eigenvalue weighted by Crippen LogP contribution is -2.30. The van der Waals surface area contributed by atoms with Crippen molar-refractivity contribution >= 4 is 5.91 Å². The van der Waals surface area contributed by atoms with Crippen molar-refractivity contribution in [3.63, 3.8) is 0 Å². The van der Waals surface area contributed by atoms with Gasteiger partial charge in [0.05, 0.1) is 0 Å². The summed E-state index contributed by atoms with van der Waals surface area (Å²) in [5.41, 5.74) is 6.81. The molecule has 3 N–H and O–H groups in total. The molecule has 0 radical (unpaired) electrons. The molecule has 1 fully saturated rings. The van der Waals surface area contributed by atoms with Gasteiger partial charge in [-0.1, -0.05) is 12.1 Å². The third-order valence-electron chi connectivity index (χ3n) is 3.06. The van der Waals surface area contributed by atoms with Gasteiger partial charge in [0.1, 0.15) is 5.75 Å². The molecule has 0 spiro atoms. The molecule has 0 aliphatic heterocycles. The molecule has 1 aliphatic rings. The Labute approximate surface area is 108 Å². The van der Waals surface area contributed by atoms with E-state index < -0.39 is 0 Å². The van der Waals surface area contributed by atoms with Gasteiger partial charge in [0.15, 0.2) is 6.61 Å². The standard InChI is InChI=1S/C14H20N2O2/c1-10(15)12-4-6-13(7-5-12)18-9-14(17)16-8-11-2-3-11/h4-7,10-11H,2-3,8-9,15H2,1H3,(H,16,17). The molecule has 2 rings (SSSR count). The van der Waals surface area contributed by atoms with Gasteiger partial charge in [-0.3, -0.25) is 4.79 Å². The van der Waals surface area contributed by atoms with Crippen molar-refractivity contribution in [1.29, 1.82) is 0 Å². The first kappa shape index (κ1) is 12.9. The maximum absolute atomic E-state index is 11.5. The van der Waals surface area contributed by atoms with E-state index in [1.54, 1.807) is 0 Å². The summed E-state index contributed by atoms with van der Waals surface area (Å²) in [7, 11) is 0. The second-order valence-electron chi connectivity index (χ2n) is 4.89. The van der Waals surface area contributed by atoms with Gasteiger partial charge in [-0.15, -0.1) is 0 Å². The normalized spacial score (nSPS) is 16.1. The number of rotatable bonds is 6. The van der Waals surface area contributed by atoms with Crippen LogP contribution in [0.4, 0.5) is 0 Å². The van der Waals surface area contributed by atoms with Crippen LogP contribution >= 0.6 is 0 Å². The highest BCUT2D eigenvalue weighted by molar-refractivity contribution is 5.77. The average molecular weight is 248 g/mol. The number of hydrogen-bond donors (Lipinski definition) is 2. The zero-order chi connectivity index (χ0) is 13.0. The number of ether oxygens (including phenoxy) is 1. The molecule has 1 aliphatic carbocycles. The Kier molecular flexibility index (Phi) is 4.20. The van der Waals surface area contributed by atoms with Crippen LogP contribution in [0.25, 0.3) is 0 Å². The molecule has 1 amide bonds. The van der Waals surface area contributed by atoms with Crippen molar-refractivity contribution < 1.29 is 9.53 Å². The summed E-state index contributed by atoms with van der Waals surface area (Å²) < 4.78 is 5.40. The van der Waals surface area contributed by atoms with E-state index in [0.717, 1.165) is 12.1 Å². The van der Waals surface area contributed by atoms with Gasteiger partial charge in [0.25, 0.3) is 5.91 Å². The first-order valence-corrected chi connectivity index (χ1v) is 6.40. The van der Waals surface area contributed by atoms with Crippen LogP contribution in [0.3, 0.4) is 0 Å². The van der Waals surface area contributed by atoms with Gasteiger partial charge in [-0.2, -0.15) is 0 Å². The number of carbonyl (C=O) groups is 1. The van der Waals surface area contributed by atoms with Crippen molar-refractivity contribution in [3.8, 4) is 5.75 Å². The summed E-state index contributed by atoms with van der Waals surface area (Å²) in [6.07, 6.45) is 2.47. The molecular weight excluding hydrogens is 228 g/mol. The first-order chi connectivity index (χ1) is 8.65. The highest BCUT2D eigenvalue weighted by atomic mass is 16.5. The maximum Gasteiger partial charge on any atom is 0.257 e. The summed E-state index contributed by atoms with van der Waals surface area (Å²) in [6.45, 7) is 2.79. The second kappa shape index (κ2) is 5.87. The molecule has 0 heterocycles. The maximum atomic E-state index is 11.5. The lowest BCUT2D eigenvalue weighted by Gasteiger charge is -2.09. The number of benzene rings is 1. The quantitative estimate of drug-likeness (QED) is 0.804. The molecule has 1 saturated carbocycles. The van der Waals surface area contributed by atoms with Gasteiger partial charge in [0.2, 0.25) is 0 Å². The van der Waals surface area contributed by atoms with Crippen molar-refractivity contribution in [3.05, 3.63) is 29.8 Å². The second-order valence-corrected chi connectivity index (χ2v) is 4.89. The Morgan fingerprint density at radius 2 is 2.11 bits per heavy atom. The minimum atomic E-state index is -0.0573. The fourth-order valence-electron chi connectivity index (χ4n) is 1.65. The Balaban J connectivity index is 1.73. The first-order valence-electron chi connectivity index (χ1n) is 6.40. The number of nitrogens with one attached hydrogen (secondary N) is 1. The molecule has 0 aromatic heterocycles. The third kappa shape index (κ3) is 4.04. The van der Waals surface area contributed by atoms with Crippen molar-refractivity contribution in [2.45, 2.75) is 25.8 Å². The molecule has 1 aromatic carbocycles. The number of carbonyl (C=O) groups excluding carboxylic acids is 1. The fraction of sp³-hybridized carbons (Fsp3) is 0.500. The Morgan fingerprint density at radius 1 is 1.44 bits per heavy atom. The van der Waals surface area contributed by atoms with Gasteiger partial charge in [-0.05, 0) is 43.4 Å². The minimum Gasteiger partial charge on any atom is -0.484 e. The van der Waals surface area contributed by atoms with Gasteiger partial charge in [0, 0.05) is 12.6 Å². The smallest absolute Gasteiger partial charge is 0.257 e. The van der Waals surface area contributed by atoms with E-state index in [-0.39, 0.29) is 18.6 Å². The minimum absolute atomic E-state index is 0.0147. The zero-order valence-electron chi connectivity index (χ0n) is 10.7. The SMILES string of the molecule is CC(N)c1ccc(OCC(=O)NCC2CC2)cc1. The molecule has 1 unspecified atom stereocenters. The molecule has 0 bridgehead atoms. The summed E-state index contributed by atoms with van der Waals surface area (Å²) in [5.74, 6) is 1.33. The molecule has 98 valence electrons. The number of hydrogen-bond acceptors (Lipinski definition) is 3. The molecule has 0 saturated heterocycles. The molecular formula is C14H20N2O2. The van der Waals surface area contributed by atoms with E-state index in [1.807, 2.05) is 31.2 Å². The lowest BCUT2D eigenvalue weighted by atomic mass is 10.1. The summed E-state index contributed by atoms with van der Waals surface area (Å²) in [6, 6.07) is 7.53. The van der Waals surface area contributed by atoms with Crippen LogP contribution < -0.4 is 15.8 Å². The lowest BCUT2D eigenvalue weighted by molar-refractivity contribution is -0.123. The van der Waals surface area contributed by atoms with E-state index in [9.17, 15) is 4.79 Å². The zero-order valence-corrected chi connectivity index (χ0v) is 10.7. The van der Waals surface area contributed by atoms with E-state index in [1.165, 1.54) is 12.8 Å². The topological polar surface area (TPSA) is 64.3 Å². The van der Waals surface area contributed by atoms with E-state index >= 15 is 0 Å². The van der Waals surface area contributed by atoms with Crippen molar-refractivity contribution in [1.82, 2.24) is 5.32 Å². The van der Waals surface area contributed by atoms with Crippen molar-refractivity contribution in [2.75, 3.05) is 13.2 Å². The molecule has 18 heavy (non-hydrogen) atoms. The average Bonchev–Trinajstić information content (AvgIpc) is 3.18. The summed E-state index contributed by atoms with van der Waals surface area (Å²) >= 11 is 0. The van der Waals surface area contributed by atoms with Crippen LogP contribution in [0.2, 0.25) is 0 Å². The number of amides is 1. The third-order valence-corrected chi connectivity index (χ3v) is 3.06. The molecule has 1 atom stereocenters. The highest BCUT2D eigenvalue weighted by Crippen LogP contribution is 2.27. The van der Waals surface area contributed by atoms with E-state index in [0.29, 0.717) is 11.7 Å². The van der Waals surface area contributed by atoms with Crippen LogP contribution in [-0.4, -0.2) is 19.1 Å². The predicted molar refractivity (Wildman–Crippen MR) is 70.3 cm³/mol. The van der Waals surface area contributed by atoms with Crippen LogP contribution in [0, 0.1) is 5.92 Å². The van der Waals surface area contributed by atoms with Crippen LogP contribution in [0.5, 0.6) is 5.75 Å². The highest BCUT2D eigenvalue weighted by Gasteiger charge is 2.21. The van der Waals surface area contributed by atoms with Crippen LogP contribution in [0.15, 0.2) is 24.3 Å². The Bertz CT molecular complexity index is 397. The molecule has 4 nitrogen and oxygen atoms in total. The summed E-state index contributed by atoms with van der Waals surface area (Å²) in [5, 5.41) is 2.86. The Morgan fingerprint density at radius 3 is 2.67 bits per heavy atom. The van der Waals surface area contributed by atoms with Crippen molar-refractivity contribution in [2.24, 2.45) is 11.7 Å². The Hall–Kier alpha value is -1.55. The fourth-order valence-corrected chi connectivity index (χ4v) is 1.65. The van der Waals surface area contributed by atoms with Crippen LogP contribution in [-0.2, 0) is 4.79 Å². The van der Waals surface area contributed by atoms with Gasteiger partial charge >= 0.3 is 0 Å².